The zero-order valence-electron chi connectivity index (χ0n) is 11.5. The van der Waals surface area contributed by atoms with Crippen LogP contribution in [0.25, 0.3) is 0 Å². The van der Waals surface area contributed by atoms with Gasteiger partial charge in [0.1, 0.15) is 5.82 Å². The van der Waals surface area contributed by atoms with Gasteiger partial charge >= 0.3 is 0 Å². The van der Waals surface area contributed by atoms with Gasteiger partial charge in [0.15, 0.2) is 5.82 Å². The van der Waals surface area contributed by atoms with Crippen molar-refractivity contribution in [3.05, 3.63) is 11.6 Å². The van der Waals surface area contributed by atoms with E-state index in [9.17, 15) is 0 Å². The molecule has 3 N–H and O–H groups in total. The number of fused-ring (bicyclic) bond motifs is 2. The Morgan fingerprint density at radius 1 is 1.00 bits per heavy atom. The highest BCUT2D eigenvalue weighted by Gasteiger charge is 2.47. The number of aromatic nitrogens is 3. The molecule has 3 aliphatic rings. The molecule has 0 aliphatic heterocycles. The van der Waals surface area contributed by atoms with E-state index >= 15 is 0 Å². The standard InChI is InChI=1S/C15H24N4/c16-13-11-7-6-10(8-11)12(13)15-17-14(18-19-15)9-4-2-1-3-5-9/h9-13H,1-8,16H2,(H,17,18,19). The van der Waals surface area contributed by atoms with E-state index < -0.39 is 0 Å². The lowest BCUT2D eigenvalue weighted by atomic mass is 9.84. The minimum atomic E-state index is 0.311. The van der Waals surface area contributed by atoms with Crippen molar-refractivity contribution in [2.24, 2.45) is 17.6 Å². The molecule has 4 unspecified atom stereocenters. The van der Waals surface area contributed by atoms with Crippen molar-refractivity contribution in [2.45, 2.75) is 69.2 Å². The Morgan fingerprint density at radius 2 is 1.79 bits per heavy atom. The Hall–Kier alpha value is -0.900. The van der Waals surface area contributed by atoms with Crippen molar-refractivity contribution in [3.8, 4) is 0 Å². The number of nitrogens with one attached hydrogen (secondary N) is 1. The van der Waals surface area contributed by atoms with Gasteiger partial charge in [0.2, 0.25) is 0 Å². The molecule has 4 heteroatoms. The topological polar surface area (TPSA) is 67.6 Å². The molecule has 3 saturated carbocycles. The Labute approximate surface area is 114 Å². The van der Waals surface area contributed by atoms with Gasteiger partial charge in [0.05, 0.1) is 0 Å². The SMILES string of the molecule is NC1C2CCC(C2)C1c1nc(C2CCCCC2)n[nH]1. The normalized spacial score (nSPS) is 39.0. The van der Waals surface area contributed by atoms with Crippen molar-refractivity contribution in [1.82, 2.24) is 15.2 Å². The Morgan fingerprint density at radius 3 is 2.53 bits per heavy atom. The fraction of sp³-hybridized carbons (Fsp3) is 0.867. The predicted molar refractivity (Wildman–Crippen MR) is 73.8 cm³/mol. The summed E-state index contributed by atoms with van der Waals surface area (Å²) in [4.78, 5) is 4.84. The van der Waals surface area contributed by atoms with Crippen LogP contribution in [-0.2, 0) is 0 Å². The van der Waals surface area contributed by atoms with Gasteiger partial charge in [-0.05, 0) is 43.9 Å². The van der Waals surface area contributed by atoms with Crippen LogP contribution >= 0.6 is 0 Å². The Kier molecular flexibility index (Phi) is 2.87. The second kappa shape index (κ2) is 4.58. The third-order valence-corrected chi connectivity index (χ3v) is 5.79. The van der Waals surface area contributed by atoms with Crippen molar-refractivity contribution < 1.29 is 0 Å². The number of nitrogens with zero attached hydrogens (tertiary/aromatic N) is 2. The number of H-pyrrole nitrogens is 1. The van der Waals surface area contributed by atoms with Gasteiger partial charge in [0, 0.05) is 17.9 Å². The van der Waals surface area contributed by atoms with E-state index in [1.807, 2.05) is 0 Å². The number of aromatic amines is 1. The van der Waals surface area contributed by atoms with E-state index in [-0.39, 0.29) is 0 Å². The van der Waals surface area contributed by atoms with Crippen molar-refractivity contribution in [1.29, 1.82) is 0 Å². The van der Waals surface area contributed by atoms with Gasteiger partial charge in [0.25, 0.3) is 0 Å². The first-order chi connectivity index (χ1) is 9.33. The predicted octanol–water partition coefficient (Wildman–Crippen LogP) is 2.69. The van der Waals surface area contributed by atoms with Crippen LogP contribution < -0.4 is 5.73 Å². The van der Waals surface area contributed by atoms with Crippen LogP contribution in [0.2, 0.25) is 0 Å². The van der Waals surface area contributed by atoms with Crippen LogP contribution in [0.5, 0.6) is 0 Å². The van der Waals surface area contributed by atoms with E-state index in [1.54, 1.807) is 0 Å². The molecule has 4 nitrogen and oxygen atoms in total. The Bertz CT molecular complexity index is 447. The summed E-state index contributed by atoms with van der Waals surface area (Å²) < 4.78 is 0. The molecule has 0 amide bonds. The molecule has 3 fully saturated rings. The van der Waals surface area contributed by atoms with Gasteiger partial charge in [-0.25, -0.2) is 4.98 Å². The molecule has 1 aromatic heterocycles. The zero-order valence-corrected chi connectivity index (χ0v) is 11.5. The number of hydrogen-bond acceptors (Lipinski definition) is 3. The summed E-state index contributed by atoms with van der Waals surface area (Å²) in [7, 11) is 0. The minimum absolute atomic E-state index is 0.311. The van der Waals surface area contributed by atoms with E-state index in [4.69, 9.17) is 10.7 Å². The van der Waals surface area contributed by atoms with Crippen molar-refractivity contribution >= 4 is 0 Å². The fourth-order valence-corrected chi connectivity index (χ4v) is 4.72. The van der Waals surface area contributed by atoms with Gasteiger partial charge in [-0.15, -0.1) is 0 Å². The lowest BCUT2D eigenvalue weighted by Gasteiger charge is -2.26. The largest absolute Gasteiger partial charge is 0.327 e. The third kappa shape index (κ3) is 1.92. The molecule has 104 valence electrons. The fourth-order valence-electron chi connectivity index (χ4n) is 4.72. The van der Waals surface area contributed by atoms with Crippen LogP contribution in [0.15, 0.2) is 0 Å². The summed E-state index contributed by atoms with van der Waals surface area (Å²) in [6.07, 6.45) is 10.6. The molecule has 19 heavy (non-hydrogen) atoms. The van der Waals surface area contributed by atoms with Gasteiger partial charge < -0.3 is 5.73 Å². The smallest absolute Gasteiger partial charge is 0.153 e. The van der Waals surface area contributed by atoms with Crippen LogP contribution in [0.4, 0.5) is 0 Å². The molecular weight excluding hydrogens is 236 g/mol. The molecule has 2 bridgehead atoms. The summed E-state index contributed by atoms with van der Waals surface area (Å²) in [6.45, 7) is 0. The lowest BCUT2D eigenvalue weighted by molar-refractivity contribution is 0.354. The van der Waals surface area contributed by atoms with E-state index in [1.165, 1.54) is 51.4 Å². The van der Waals surface area contributed by atoms with Crippen molar-refractivity contribution in [3.63, 3.8) is 0 Å². The molecule has 0 radical (unpaired) electrons. The quantitative estimate of drug-likeness (QED) is 0.859. The maximum Gasteiger partial charge on any atom is 0.153 e. The summed E-state index contributed by atoms with van der Waals surface area (Å²) in [5.74, 6) is 4.67. The first-order valence-electron chi connectivity index (χ1n) is 8.00. The Balaban J connectivity index is 1.54. The van der Waals surface area contributed by atoms with Crippen molar-refractivity contribution in [2.75, 3.05) is 0 Å². The second-order valence-corrected chi connectivity index (χ2v) is 6.85. The number of nitrogens with two attached hydrogens (primary N) is 1. The van der Waals surface area contributed by atoms with Gasteiger partial charge in [-0.2, -0.15) is 5.10 Å². The van der Waals surface area contributed by atoms with Gasteiger partial charge in [-0.1, -0.05) is 19.3 Å². The molecule has 0 spiro atoms. The summed E-state index contributed by atoms with van der Waals surface area (Å²) in [5.41, 5.74) is 6.40. The highest BCUT2D eigenvalue weighted by Crippen LogP contribution is 2.51. The maximum absolute atomic E-state index is 6.40. The molecule has 3 aliphatic carbocycles. The zero-order chi connectivity index (χ0) is 12.8. The van der Waals surface area contributed by atoms with Crippen LogP contribution in [0.3, 0.4) is 0 Å². The second-order valence-electron chi connectivity index (χ2n) is 6.85. The third-order valence-electron chi connectivity index (χ3n) is 5.79. The molecular formula is C15H24N4. The summed E-state index contributed by atoms with van der Waals surface area (Å²) in [6, 6.07) is 0.311. The van der Waals surface area contributed by atoms with Crippen LogP contribution in [-0.4, -0.2) is 21.2 Å². The molecule has 1 aromatic rings. The first kappa shape index (κ1) is 11.9. The molecule has 4 rings (SSSR count). The average molecular weight is 260 g/mol. The average Bonchev–Trinajstić information content (AvgIpc) is 3.14. The maximum atomic E-state index is 6.40. The first-order valence-corrected chi connectivity index (χ1v) is 8.00. The lowest BCUT2D eigenvalue weighted by Crippen LogP contribution is -2.34. The number of hydrogen-bond donors (Lipinski definition) is 2. The minimum Gasteiger partial charge on any atom is -0.327 e. The summed E-state index contributed by atoms with van der Waals surface area (Å²) in [5, 5.41) is 7.73. The van der Waals surface area contributed by atoms with Gasteiger partial charge in [-0.3, -0.25) is 5.10 Å². The number of rotatable bonds is 2. The molecule has 1 heterocycles. The van der Waals surface area contributed by atoms with Crippen LogP contribution in [0.1, 0.15) is 74.9 Å². The van der Waals surface area contributed by atoms with E-state index in [0.717, 1.165) is 23.5 Å². The highest BCUT2D eigenvalue weighted by atomic mass is 15.2. The molecule has 0 aromatic carbocycles. The molecule has 4 atom stereocenters. The highest BCUT2D eigenvalue weighted by molar-refractivity contribution is 5.14. The molecule has 0 saturated heterocycles. The monoisotopic (exact) mass is 260 g/mol. The van der Waals surface area contributed by atoms with E-state index in [0.29, 0.717) is 17.9 Å². The van der Waals surface area contributed by atoms with Crippen LogP contribution in [0, 0.1) is 11.8 Å². The van der Waals surface area contributed by atoms with E-state index in [2.05, 4.69) is 10.2 Å². The summed E-state index contributed by atoms with van der Waals surface area (Å²) >= 11 is 0.